The molecule has 0 spiro atoms. The van der Waals surface area contributed by atoms with Crippen molar-refractivity contribution in [3.8, 4) is 0 Å². The van der Waals surface area contributed by atoms with Crippen molar-refractivity contribution in [3.63, 3.8) is 0 Å². The summed E-state index contributed by atoms with van der Waals surface area (Å²) in [6.07, 6.45) is 0. The van der Waals surface area contributed by atoms with E-state index in [1.54, 1.807) is 36.4 Å². The van der Waals surface area contributed by atoms with E-state index in [1.807, 2.05) is 43.4 Å². The summed E-state index contributed by atoms with van der Waals surface area (Å²) >= 11 is 0. The molecule has 0 saturated heterocycles. The van der Waals surface area contributed by atoms with E-state index < -0.39 is 0 Å². The topological polar surface area (TPSA) is 49.4 Å². The smallest absolute Gasteiger partial charge is 0.251 e. The minimum atomic E-state index is -0.248. The zero-order valence-corrected chi connectivity index (χ0v) is 15.3. The number of anilines is 1. The van der Waals surface area contributed by atoms with Crippen LogP contribution in [0.5, 0.6) is 0 Å². The number of ketones is 1. The first-order valence-electron chi connectivity index (χ1n) is 8.85. The van der Waals surface area contributed by atoms with E-state index in [0.29, 0.717) is 11.1 Å². The maximum atomic E-state index is 12.3. The molecule has 4 heteroatoms. The lowest BCUT2D eigenvalue weighted by Gasteiger charge is -2.19. The van der Waals surface area contributed by atoms with Gasteiger partial charge in [0.15, 0.2) is 5.78 Å². The number of nitrogens with zero attached hydrogens (tertiary/aromatic N) is 1. The minimum absolute atomic E-state index is 0.0126. The van der Waals surface area contributed by atoms with Crippen molar-refractivity contribution in [2.75, 3.05) is 18.5 Å². The van der Waals surface area contributed by atoms with Crippen molar-refractivity contribution in [1.29, 1.82) is 0 Å². The molecule has 27 heavy (non-hydrogen) atoms. The lowest BCUT2D eigenvalue weighted by atomic mass is 10.1. The molecular weight excluding hydrogens is 336 g/mol. The molecule has 3 aromatic rings. The van der Waals surface area contributed by atoms with E-state index in [1.165, 1.54) is 0 Å². The van der Waals surface area contributed by atoms with Gasteiger partial charge in [0.1, 0.15) is 0 Å². The van der Waals surface area contributed by atoms with Gasteiger partial charge in [-0.25, -0.2) is 0 Å². The van der Waals surface area contributed by atoms with Crippen LogP contribution < -0.4 is 10.2 Å². The third-order valence-corrected chi connectivity index (χ3v) is 4.34. The molecule has 0 aliphatic heterocycles. The number of para-hydroxylation sites is 1. The summed E-state index contributed by atoms with van der Waals surface area (Å²) in [6, 6.07) is 26.5. The van der Waals surface area contributed by atoms with E-state index in [9.17, 15) is 9.59 Å². The summed E-state index contributed by atoms with van der Waals surface area (Å²) < 4.78 is 0. The average Bonchev–Trinajstić information content (AvgIpc) is 2.73. The summed E-state index contributed by atoms with van der Waals surface area (Å²) in [5.41, 5.74) is 3.39. The van der Waals surface area contributed by atoms with E-state index in [2.05, 4.69) is 22.3 Å². The average molecular weight is 358 g/mol. The molecule has 1 N–H and O–H groups in total. The second kappa shape index (κ2) is 8.81. The van der Waals surface area contributed by atoms with Crippen molar-refractivity contribution in [2.45, 2.75) is 6.54 Å². The van der Waals surface area contributed by atoms with Crippen LogP contribution in [0, 0.1) is 0 Å². The van der Waals surface area contributed by atoms with Gasteiger partial charge in [-0.15, -0.1) is 0 Å². The van der Waals surface area contributed by atoms with Gasteiger partial charge in [-0.2, -0.15) is 0 Å². The highest BCUT2D eigenvalue weighted by Crippen LogP contribution is 2.15. The third-order valence-electron chi connectivity index (χ3n) is 4.34. The number of carbonyl (C=O) groups is 2. The largest absolute Gasteiger partial charge is 0.370 e. The summed E-state index contributed by atoms with van der Waals surface area (Å²) in [5.74, 6) is -0.354. The maximum absolute atomic E-state index is 12.3. The van der Waals surface area contributed by atoms with Gasteiger partial charge in [-0.1, -0.05) is 60.7 Å². The molecule has 0 aromatic heterocycles. The number of hydrogen-bond acceptors (Lipinski definition) is 3. The fraction of sp³-hybridized carbons (Fsp3) is 0.130. The highest BCUT2D eigenvalue weighted by Gasteiger charge is 2.10. The Morgan fingerprint density at radius 1 is 0.778 bits per heavy atom. The van der Waals surface area contributed by atoms with Gasteiger partial charge in [0, 0.05) is 30.4 Å². The molecule has 0 aliphatic carbocycles. The summed E-state index contributed by atoms with van der Waals surface area (Å²) in [6.45, 7) is 0.736. The Morgan fingerprint density at radius 2 is 1.37 bits per heavy atom. The van der Waals surface area contributed by atoms with Crippen molar-refractivity contribution in [2.24, 2.45) is 0 Å². The molecule has 0 aliphatic rings. The number of rotatable bonds is 7. The highest BCUT2D eigenvalue weighted by molar-refractivity contribution is 6.02. The quantitative estimate of drug-likeness (QED) is 0.651. The van der Waals surface area contributed by atoms with Crippen molar-refractivity contribution < 1.29 is 9.59 Å². The molecule has 0 saturated carbocycles. The minimum Gasteiger partial charge on any atom is -0.370 e. The van der Waals surface area contributed by atoms with E-state index in [4.69, 9.17) is 0 Å². The molecule has 0 radical (unpaired) electrons. The highest BCUT2D eigenvalue weighted by atomic mass is 16.2. The van der Waals surface area contributed by atoms with Crippen LogP contribution in [-0.2, 0) is 6.54 Å². The van der Waals surface area contributed by atoms with E-state index >= 15 is 0 Å². The fourth-order valence-electron chi connectivity index (χ4n) is 2.80. The van der Waals surface area contributed by atoms with Crippen LogP contribution in [0.2, 0.25) is 0 Å². The number of hydrogen-bond donors (Lipinski definition) is 1. The van der Waals surface area contributed by atoms with Crippen LogP contribution >= 0.6 is 0 Å². The van der Waals surface area contributed by atoms with Crippen molar-refractivity contribution >= 4 is 17.4 Å². The Morgan fingerprint density at radius 3 is 2.00 bits per heavy atom. The van der Waals surface area contributed by atoms with Gasteiger partial charge in [0.2, 0.25) is 0 Å². The van der Waals surface area contributed by atoms with Crippen LogP contribution in [0.15, 0.2) is 84.9 Å². The van der Waals surface area contributed by atoms with Crippen LogP contribution in [0.1, 0.15) is 26.3 Å². The molecule has 0 atom stereocenters. The number of amides is 1. The summed E-state index contributed by atoms with van der Waals surface area (Å²) in [7, 11) is 2.03. The standard InChI is InChI=1S/C23H22N2O2/c1-25(21-10-6-3-7-11-21)17-18-12-14-20(15-13-18)23(27)24-16-22(26)19-8-4-2-5-9-19/h2-15H,16-17H2,1H3,(H,24,27). The Labute approximate surface area is 159 Å². The Hall–Kier alpha value is -3.40. The first kappa shape index (κ1) is 18.4. The second-order valence-electron chi connectivity index (χ2n) is 6.36. The van der Waals surface area contributed by atoms with Crippen LogP contribution in [0.3, 0.4) is 0 Å². The van der Waals surface area contributed by atoms with Crippen LogP contribution in [0.4, 0.5) is 5.69 Å². The zero-order chi connectivity index (χ0) is 19.1. The summed E-state index contributed by atoms with van der Waals surface area (Å²) in [5, 5.41) is 2.68. The molecule has 136 valence electrons. The number of Topliss-reactive ketones (excluding diaryl/α,β-unsaturated/α-hetero) is 1. The fourth-order valence-corrected chi connectivity index (χ4v) is 2.80. The SMILES string of the molecule is CN(Cc1ccc(C(=O)NCC(=O)c2ccccc2)cc1)c1ccccc1. The Bertz CT molecular complexity index is 891. The Kier molecular flexibility index (Phi) is 6.00. The second-order valence-corrected chi connectivity index (χ2v) is 6.36. The molecule has 4 nitrogen and oxygen atoms in total. The van der Waals surface area contributed by atoms with Crippen molar-refractivity contribution in [3.05, 3.63) is 102 Å². The molecular formula is C23H22N2O2. The van der Waals surface area contributed by atoms with E-state index in [-0.39, 0.29) is 18.2 Å². The predicted molar refractivity (Wildman–Crippen MR) is 108 cm³/mol. The molecule has 0 bridgehead atoms. The van der Waals surface area contributed by atoms with Gasteiger partial charge in [0.25, 0.3) is 5.91 Å². The van der Waals surface area contributed by atoms with Gasteiger partial charge in [-0.3, -0.25) is 9.59 Å². The first-order chi connectivity index (χ1) is 13.1. The molecule has 3 rings (SSSR count). The monoisotopic (exact) mass is 358 g/mol. The summed E-state index contributed by atoms with van der Waals surface area (Å²) in [4.78, 5) is 26.5. The van der Waals surface area contributed by atoms with Crippen molar-refractivity contribution in [1.82, 2.24) is 5.32 Å². The number of nitrogens with one attached hydrogen (secondary N) is 1. The molecule has 1 amide bonds. The van der Waals surface area contributed by atoms with Crippen LogP contribution in [-0.4, -0.2) is 25.3 Å². The number of benzene rings is 3. The van der Waals surface area contributed by atoms with Gasteiger partial charge in [0.05, 0.1) is 6.54 Å². The molecule has 0 unspecified atom stereocenters. The molecule has 0 fully saturated rings. The van der Waals surface area contributed by atoms with E-state index in [0.717, 1.165) is 17.8 Å². The third kappa shape index (κ3) is 5.05. The normalized spacial score (nSPS) is 10.3. The lowest BCUT2D eigenvalue weighted by Crippen LogP contribution is -2.29. The molecule has 3 aromatic carbocycles. The van der Waals surface area contributed by atoms with Crippen LogP contribution in [0.25, 0.3) is 0 Å². The number of carbonyl (C=O) groups excluding carboxylic acids is 2. The van der Waals surface area contributed by atoms with Gasteiger partial charge < -0.3 is 10.2 Å². The maximum Gasteiger partial charge on any atom is 0.251 e. The van der Waals surface area contributed by atoms with Gasteiger partial charge >= 0.3 is 0 Å². The predicted octanol–water partition coefficient (Wildman–Crippen LogP) is 3.94. The Balaban J connectivity index is 1.55. The molecule has 0 heterocycles. The first-order valence-corrected chi connectivity index (χ1v) is 8.85. The van der Waals surface area contributed by atoms with Gasteiger partial charge in [-0.05, 0) is 29.8 Å². The zero-order valence-electron chi connectivity index (χ0n) is 15.3. The lowest BCUT2D eigenvalue weighted by molar-refractivity contribution is 0.0904.